The van der Waals surface area contributed by atoms with Gasteiger partial charge >= 0.3 is 0 Å². The van der Waals surface area contributed by atoms with Crippen LogP contribution in [0.2, 0.25) is 0 Å². The molecule has 0 amide bonds. The van der Waals surface area contributed by atoms with Crippen molar-refractivity contribution in [2.24, 2.45) is 4.99 Å². The van der Waals surface area contributed by atoms with Crippen LogP contribution in [0, 0.1) is 0 Å². The molecule has 0 saturated carbocycles. The molecule has 26 heavy (non-hydrogen) atoms. The Bertz CT molecular complexity index is 659. The van der Waals surface area contributed by atoms with Crippen LogP contribution in [-0.4, -0.2) is 23.6 Å². The maximum atomic E-state index is 5.56. The Hall–Kier alpha value is -1.83. The van der Waals surface area contributed by atoms with Crippen molar-refractivity contribution in [3.8, 4) is 5.88 Å². The number of pyridine rings is 1. The van der Waals surface area contributed by atoms with Crippen molar-refractivity contribution in [3.63, 3.8) is 0 Å². The minimum absolute atomic E-state index is 0. The second kappa shape index (κ2) is 11.7. The van der Waals surface area contributed by atoms with E-state index in [1.165, 1.54) is 5.56 Å². The molecule has 2 aromatic rings. The normalized spacial score (nSPS) is 12.3. The number of aromatic nitrogens is 1. The van der Waals surface area contributed by atoms with E-state index in [1.54, 1.807) is 0 Å². The molecule has 0 fully saturated rings. The van der Waals surface area contributed by atoms with Gasteiger partial charge in [-0.1, -0.05) is 36.4 Å². The lowest BCUT2D eigenvalue weighted by Crippen LogP contribution is -2.38. The Morgan fingerprint density at radius 3 is 2.42 bits per heavy atom. The fraction of sp³-hybridized carbons (Fsp3) is 0.400. The van der Waals surface area contributed by atoms with Crippen molar-refractivity contribution >= 4 is 29.9 Å². The summed E-state index contributed by atoms with van der Waals surface area (Å²) in [5, 5.41) is 6.72. The highest BCUT2D eigenvalue weighted by Gasteiger charge is 2.07. The summed E-state index contributed by atoms with van der Waals surface area (Å²) in [6.45, 7) is 9.54. The van der Waals surface area contributed by atoms with Crippen LogP contribution in [0.25, 0.3) is 0 Å². The molecule has 6 heteroatoms. The van der Waals surface area contributed by atoms with Crippen molar-refractivity contribution in [2.75, 3.05) is 6.54 Å². The number of aliphatic imine (C=N–C) groups is 1. The summed E-state index contributed by atoms with van der Waals surface area (Å²) in [6.07, 6.45) is 1.94. The summed E-state index contributed by atoms with van der Waals surface area (Å²) < 4.78 is 5.56. The second-order valence-corrected chi connectivity index (χ2v) is 6.14. The van der Waals surface area contributed by atoms with Crippen LogP contribution in [0.5, 0.6) is 5.88 Å². The van der Waals surface area contributed by atoms with Crippen LogP contribution in [0.4, 0.5) is 0 Å². The van der Waals surface area contributed by atoms with Crippen LogP contribution < -0.4 is 15.4 Å². The van der Waals surface area contributed by atoms with Gasteiger partial charge in [0.15, 0.2) is 5.96 Å². The lowest BCUT2D eigenvalue weighted by molar-refractivity contribution is 0.232. The number of guanidine groups is 1. The van der Waals surface area contributed by atoms with Crippen molar-refractivity contribution < 1.29 is 4.74 Å². The molecule has 1 aromatic heterocycles. The number of hydrogen-bond acceptors (Lipinski definition) is 3. The number of nitrogens with zero attached hydrogens (tertiary/aromatic N) is 2. The second-order valence-electron chi connectivity index (χ2n) is 6.14. The van der Waals surface area contributed by atoms with Gasteiger partial charge in [0.2, 0.25) is 5.88 Å². The molecule has 142 valence electrons. The van der Waals surface area contributed by atoms with Gasteiger partial charge in [0.1, 0.15) is 0 Å². The monoisotopic (exact) mass is 468 g/mol. The van der Waals surface area contributed by atoms with E-state index < -0.39 is 0 Å². The molecule has 2 N–H and O–H groups in total. The first-order valence-electron chi connectivity index (χ1n) is 8.80. The Morgan fingerprint density at radius 2 is 1.85 bits per heavy atom. The smallest absolute Gasteiger partial charge is 0.213 e. The maximum Gasteiger partial charge on any atom is 0.213 e. The molecule has 0 saturated heterocycles. The highest BCUT2D eigenvalue weighted by molar-refractivity contribution is 14.0. The first-order chi connectivity index (χ1) is 12.1. The first-order valence-corrected chi connectivity index (χ1v) is 8.80. The van der Waals surface area contributed by atoms with Crippen molar-refractivity contribution in [1.29, 1.82) is 0 Å². The predicted molar refractivity (Wildman–Crippen MR) is 118 cm³/mol. The van der Waals surface area contributed by atoms with Gasteiger partial charge in [0.05, 0.1) is 18.7 Å². The molecular formula is C20H29IN4O. The lowest BCUT2D eigenvalue weighted by atomic mass is 10.1. The van der Waals surface area contributed by atoms with Gasteiger partial charge in [0, 0.05) is 18.8 Å². The van der Waals surface area contributed by atoms with E-state index in [4.69, 9.17) is 4.74 Å². The highest BCUT2D eigenvalue weighted by Crippen LogP contribution is 2.12. The van der Waals surface area contributed by atoms with E-state index in [9.17, 15) is 0 Å². The van der Waals surface area contributed by atoms with Gasteiger partial charge < -0.3 is 15.4 Å². The van der Waals surface area contributed by atoms with Gasteiger partial charge in [0.25, 0.3) is 0 Å². The minimum atomic E-state index is 0. The highest BCUT2D eigenvalue weighted by atomic mass is 127. The number of halogens is 1. The Balaban J connectivity index is 0.00000338. The van der Waals surface area contributed by atoms with E-state index in [-0.39, 0.29) is 36.1 Å². The van der Waals surface area contributed by atoms with Crippen LogP contribution in [0.3, 0.4) is 0 Å². The van der Waals surface area contributed by atoms with Gasteiger partial charge in [-0.05, 0) is 38.8 Å². The molecule has 5 nitrogen and oxygen atoms in total. The third kappa shape index (κ3) is 7.59. The van der Waals surface area contributed by atoms with Gasteiger partial charge in [-0.15, -0.1) is 24.0 Å². The van der Waals surface area contributed by atoms with Gasteiger partial charge in [-0.25, -0.2) is 9.98 Å². The predicted octanol–water partition coefficient (Wildman–Crippen LogP) is 4.30. The topological polar surface area (TPSA) is 58.5 Å². The fourth-order valence-corrected chi connectivity index (χ4v) is 2.34. The molecule has 0 spiro atoms. The molecule has 0 aliphatic carbocycles. The molecule has 0 aliphatic rings. The zero-order chi connectivity index (χ0) is 18.1. The molecule has 2 rings (SSSR count). The van der Waals surface area contributed by atoms with Gasteiger partial charge in [-0.2, -0.15) is 0 Å². The van der Waals surface area contributed by atoms with Crippen LogP contribution in [0.15, 0.2) is 53.7 Å². The van der Waals surface area contributed by atoms with E-state index in [2.05, 4.69) is 46.6 Å². The summed E-state index contributed by atoms with van der Waals surface area (Å²) in [6, 6.07) is 14.4. The summed E-state index contributed by atoms with van der Waals surface area (Å²) in [4.78, 5) is 8.97. The van der Waals surface area contributed by atoms with E-state index in [0.717, 1.165) is 18.1 Å². The first kappa shape index (κ1) is 22.2. The number of hydrogen-bond donors (Lipinski definition) is 2. The molecule has 1 unspecified atom stereocenters. The largest absolute Gasteiger partial charge is 0.475 e. The van der Waals surface area contributed by atoms with Crippen LogP contribution in [0.1, 0.15) is 44.9 Å². The lowest BCUT2D eigenvalue weighted by Gasteiger charge is -2.18. The Kier molecular flexibility index (Phi) is 10.0. The van der Waals surface area contributed by atoms with Crippen molar-refractivity contribution in [3.05, 3.63) is 59.8 Å². The maximum absolute atomic E-state index is 5.56. The van der Waals surface area contributed by atoms with Crippen molar-refractivity contribution in [2.45, 2.75) is 46.4 Å². The SMILES string of the molecule is CCNC(=NCc1ccc(OC(C)C)nc1)NC(C)c1ccccc1.I. The number of ether oxygens (including phenoxy) is 1. The molecule has 1 aromatic carbocycles. The summed E-state index contributed by atoms with van der Waals surface area (Å²) in [7, 11) is 0. The quantitative estimate of drug-likeness (QED) is 0.362. The Labute approximate surface area is 173 Å². The molecular weight excluding hydrogens is 439 g/mol. The molecule has 0 aliphatic heterocycles. The molecule has 1 heterocycles. The van der Waals surface area contributed by atoms with Crippen LogP contribution >= 0.6 is 24.0 Å². The third-order valence-corrected chi connectivity index (χ3v) is 3.57. The average molecular weight is 468 g/mol. The van der Waals surface area contributed by atoms with E-state index >= 15 is 0 Å². The standard InChI is InChI=1S/C20H28N4O.HI/c1-5-21-20(24-16(4)18-9-7-6-8-10-18)23-14-17-11-12-19(22-13-17)25-15(2)3;/h6-13,15-16H,5,14H2,1-4H3,(H2,21,23,24);1H. The van der Waals surface area contributed by atoms with Crippen molar-refractivity contribution in [1.82, 2.24) is 15.6 Å². The molecule has 0 radical (unpaired) electrons. The van der Waals surface area contributed by atoms with Gasteiger partial charge in [-0.3, -0.25) is 0 Å². The number of benzene rings is 1. The van der Waals surface area contributed by atoms with Crippen LogP contribution in [-0.2, 0) is 6.54 Å². The Morgan fingerprint density at radius 1 is 1.12 bits per heavy atom. The fourth-order valence-electron chi connectivity index (χ4n) is 2.34. The van der Waals surface area contributed by atoms with E-state index in [1.807, 2.05) is 50.4 Å². The van der Waals surface area contributed by atoms with E-state index in [0.29, 0.717) is 12.4 Å². The summed E-state index contributed by atoms with van der Waals surface area (Å²) in [5.41, 5.74) is 2.27. The third-order valence-electron chi connectivity index (χ3n) is 3.57. The minimum Gasteiger partial charge on any atom is -0.475 e. The number of rotatable bonds is 7. The average Bonchev–Trinajstić information content (AvgIpc) is 2.61. The number of nitrogens with one attached hydrogen (secondary N) is 2. The summed E-state index contributed by atoms with van der Waals surface area (Å²) >= 11 is 0. The molecule has 0 bridgehead atoms. The molecule has 1 atom stereocenters. The zero-order valence-corrected chi connectivity index (χ0v) is 18.2. The summed E-state index contributed by atoms with van der Waals surface area (Å²) in [5.74, 6) is 1.44. The zero-order valence-electron chi connectivity index (χ0n) is 15.9.